The fourth-order valence-electron chi connectivity index (χ4n) is 4.31. The Bertz CT molecular complexity index is 922. The predicted molar refractivity (Wildman–Crippen MR) is 122 cm³/mol. The number of primary amides is 1. The molecule has 2 aromatic rings. The number of hydrogen-bond donors (Lipinski definition) is 1. The summed E-state index contributed by atoms with van der Waals surface area (Å²) in [5.74, 6) is -1.60. The van der Waals surface area contributed by atoms with Crippen molar-refractivity contribution in [2.45, 2.75) is 38.0 Å². The molecule has 0 aliphatic carbocycles. The van der Waals surface area contributed by atoms with Gasteiger partial charge in [-0.3, -0.25) is 9.59 Å². The van der Waals surface area contributed by atoms with Gasteiger partial charge in [-0.2, -0.15) is 0 Å². The SMILES string of the molecule is CC(c1ccccc1N1CCCCC1)C(C(N)=O)c1ccc(C(=O)OCCOC=O)cc1. The first-order chi connectivity index (χ1) is 15.5. The average Bonchev–Trinajstić information content (AvgIpc) is 2.82. The molecule has 170 valence electrons. The van der Waals surface area contributed by atoms with Crippen molar-refractivity contribution in [1.82, 2.24) is 0 Å². The summed E-state index contributed by atoms with van der Waals surface area (Å²) in [6.45, 7) is 4.34. The lowest BCUT2D eigenvalue weighted by Gasteiger charge is -2.33. The number of anilines is 1. The van der Waals surface area contributed by atoms with Crippen LogP contribution >= 0.6 is 0 Å². The number of piperidine rings is 1. The maximum atomic E-state index is 12.5. The van der Waals surface area contributed by atoms with E-state index in [0.717, 1.165) is 29.9 Å². The molecule has 0 radical (unpaired) electrons. The second kappa shape index (κ2) is 11.3. The number of amides is 1. The van der Waals surface area contributed by atoms with Crippen molar-refractivity contribution in [3.63, 3.8) is 0 Å². The molecule has 2 aromatic carbocycles. The molecule has 1 fully saturated rings. The van der Waals surface area contributed by atoms with Crippen molar-refractivity contribution in [1.29, 1.82) is 0 Å². The van der Waals surface area contributed by atoms with Crippen LogP contribution in [0.4, 0.5) is 5.69 Å². The standard InChI is InChI=1S/C25H30N2O5/c1-18(21-7-3-4-8-22(21)27-13-5-2-6-14-27)23(24(26)29)19-9-11-20(12-10-19)25(30)32-16-15-31-17-28/h3-4,7-12,17-18,23H,2,5-6,13-16H2,1H3,(H2,26,29). The zero-order valence-corrected chi connectivity index (χ0v) is 18.4. The smallest absolute Gasteiger partial charge is 0.338 e. The number of nitrogens with two attached hydrogens (primary N) is 1. The maximum Gasteiger partial charge on any atom is 0.338 e. The molecule has 1 aliphatic heterocycles. The highest BCUT2D eigenvalue weighted by molar-refractivity contribution is 5.90. The van der Waals surface area contributed by atoms with E-state index in [9.17, 15) is 14.4 Å². The van der Waals surface area contributed by atoms with Crippen LogP contribution in [0.5, 0.6) is 0 Å². The predicted octanol–water partition coefficient (Wildman–Crippen LogP) is 3.38. The van der Waals surface area contributed by atoms with Gasteiger partial charge in [-0.05, 0) is 54.5 Å². The summed E-state index contributed by atoms with van der Waals surface area (Å²) < 4.78 is 9.56. The van der Waals surface area contributed by atoms with Gasteiger partial charge >= 0.3 is 5.97 Å². The van der Waals surface area contributed by atoms with Crippen LogP contribution in [0.2, 0.25) is 0 Å². The van der Waals surface area contributed by atoms with Crippen molar-refractivity contribution in [3.05, 3.63) is 65.2 Å². The first-order valence-electron chi connectivity index (χ1n) is 11.0. The lowest BCUT2D eigenvalue weighted by molar-refractivity contribution is -0.129. The van der Waals surface area contributed by atoms with E-state index in [-0.39, 0.29) is 19.1 Å². The van der Waals surface area contributed by atoms with Crippen molar-refractivity contribution >= 4 is 24.0 Å². The Labute approximate surface area is 188 Å². The van der Waals surface area contributed by atoms with Crippen LogP contribution in [0.25, 0.3) is 0 Å². The molecule has 0 aromatic heterocycles. The van der Waals surface area contributed by atoms with Gasteiger partial charge in [-0.25, -0.2) is 4.79 Å². The lowest BCUT2D eigenvalue weighted by Crippen LogP contribution is -2.32. The van der Waals surface area contributed by atoms with E-state index in [4.69, 9.17) is 10.5 Å². The Balaban J connectivity index is 1.79. The summed E-state index contributed by atoms with van der Waals surface area (Å²) in [6.07, 6.45) is 3.58. The van der Waals surface area contributed by atoms with E-state index in [1.165, 1.54) is 19.3 Å². The van der Waals surface area contributed by atoms with E-state index in [0.29, 0.717) is 12.0 Å². The molecule has 1 amide bonds. The van der Waals surface area contributed by atoms with E-state index < -0.39 is 17.8 Å². The zero-order valence-electron chi connectivity index (χ0n) is 18.4. The largest absolute Gasteiger partial charge is 0.464 e. The Morgan fingerprint density at radius 1 is 1.03 bits per heavy atom. The van der Waals surface area contributed by atoms with Gasteiger partial charge in [-0.15, -0.1) is 0 Å². The number of ether oxygens (including phenoxy) is 2. The third kappa shape index (κ3) is 5.66. The quantitative estimate of drug-likeness (QED) is 0.347. The Kier molecular flexibility index (Phi) is 8.25. The Hall–Kier alpha value is -3.35. The number of para-hydroxylation sites is 1. The van der Waals surface area contributed by atoms with Gasteiger partial charge < -0.3 is 20.1 Å². The number of esters is 1. The van der Waals surface area contributed by atoms with Crippen LogP contribution in [0, 0.1) is 0 Å². The molecule has 2 N–H and O–H groups in total. The molecule has 1 heterocycles. The second-order valence-corrected chi connectivity index (χ2v) is 8.00. The molecular weight excluding hydrogens is 408 g/mol. The highest BCUT2D eigenvalue weighted by atomic mass is 16.6. The molecular formula is C25H30N2O5. The van der Waals surface area contributed by atoms with Crippen LogP contribution in [0.15, 0.2) is 48.5 Å². The molecule has 1 aliphatic rings. The van der Waals surface area contributed by atoms with Crippen molar-refractivity contribution < 1.29 is 23.9 Å². The minimum atomic E-state index is -0.535. The van der Waals surface area contributed by atoms with E-state index in [2.05, 4.69) is 21.8 Å². The molecule has 0 bridgehead atoms. The molecule has 3 rings (SSSR count). The molecule has 7 heteroatoms. The zero-order chi connectivity index (χ0) is 22.9. The normalized spacial score (nSPS) is 15.5. The number of carbonyl (C=O) groups excluding carboxylic acids is 3. The highest BCUT2D eigenvalue weighted by Crippen LogP contribution is 2.38. The maximum absolute atomic E-state index is 12.5. The van der Waals surface area contributed by atoms with Crippen LogP contribution in [0.1, 0.15) is 59.5 Å². The van der Waals surface area contributed by atoms with Crippen LogP contribution in [-0.4, -0.2) is 44.7 Å². The summed E-state index contributed by atoms with van der Waals surface area (Å²) in [4.78, 5) is 37.2. The number of hydrogen-bond acceptors (Lipinski definition) is 6. The van der Waals surface area contributed by atoms with Gasteiger partial charge in [0.25, 0.3) is 6.47 Å². The van der Waals surface area contributed by atoms with Crippen LogP contribution in [-0.2, 0) is 19.1 Å². The summed E-state index contributed by atoms with van der Waals surface area (Å²) in [6, 6.07) is 14.9. The summed E-state index contributed by atoms with van der Waals surface area (Å²) >= 11 is 0. The molecule has 1 saturated heterocycles. The van der Waals surface area contributed by atoms with E-state index in [1.807, 2.05) is 19.1 Å². The van der Waals surface area contributed by atoms with Crippen molar-refractivity contribution in [2.75, 3.05) is 31.2 Å². The lowest BCUT2D eigenvalue weighted by atomic mass is 9.81. The Morgan fingerprint density at radius 3 is 2.38 bits per heavy atom. The number of nitrogens with zero attached hydrogens (tertiary/aromatic N) is 1. The van der Waals surface area contributed by atoms with Crippen LogP contribution < -0.4 is 10.6 Å². The van der Waals surface area contributed by atoms with Crippen LogP contribution in [0.3, 0.4) is 0 Å². The first-order valence-corrected chi connectivity index (χ1v) is 11.0. The topological polar surface area (TPSA) is 98.9 Å². The fraction of sp³-hybridized carbons (Fsp3) is 0.400. The van der Waals surface area contributed by atoms with E-state index in [1.54, 1.807) is 24.3 Å². The van der Waals surface area contributed by atoms with E-state index >= 15 is 0 Å². The summed E-state index contributed by atoms with van der Waals surface area (Å²) in [5, 5.41) is 0. The third-order valence-electron chi connectivity index (χ3n) is 5.94. The van der Waals surface area contributed by atoms with Gasteiger partial charge in [0, 0.05) is 18.8 Å². The molecule has 2 atom stereocenters. The van der Waals surface area contributed by atoms with Gasteiger partial charge in [-0.1, -0.05) is 37.3 Å². The fourth-order valence-corrected chi connectivity index (χ4v) is 4.31. The molecule has 32 heavy (non-hydrogen) atoms. The van der Waals surface area contributed by atoms with Gasteiger partial charge in [0.15, 0.2) is 0 Å². The van der Waals surface area contributed by atoms with Gasteiger partial charge in [0.1, 0.15) is 13.2 Å². The third-order valence-corrected chi connectivity index (χ3v) is 5.94. The summed E-state index contributed by atoms with van der Waals surface area (Å²) in [7, 11) is 0. The minimum absolute atomic E-state index is 0.00497. The molecule has 2 unspecified atom stereocenters. The Morgan fingerprint density at radius 2 is 1.72 bits per heavy atom. The first kappa shape index (κ1) is 23.3. The average molecular weight is 439 g/mol. The summed E-state index contributed by atoms with van der Waals surface area (Å²) in [5.41, 5.74) is 9.19. The highest BCUT2D eigenvalue weighted by Gasteiger charge is 2.29. The molecule has 7 nitrogen and oxygen atoms in total. The number of carbonyl (C=O) groups is 3. The second-order valence-electron chi connectivity index (χ2n) is 8.00. The number of rotatable bonds is 10. The van der Waals surface area contributed by atoms with Crippen molar-refractivity contribution in [3.8, 4) is 0 Å². The van der Waals surface area contributed by atoms with Crippen molar-refractivity contribution in [2.24, 2.45) is 5.73 Å². The van der Waals surface area contributed by atoms with Gasteiger partial charge in [0.05, 0.1) is 11.5 Å². The minimum Gasteiger partial charge on any atom is -0.464 e. The molecule has 0 spiro atoms. The molecule has 0 saturated carbocycles. The number of benzene rings is 2. The van der Waals surface area contributed by atoms with Gasteiger partial charge in [0.2, 0.25) is 5.91 Å². The monoisotopic (exact) mass is 438 g/mol.